The molecule has 0 bridgehead atoms. The molecular formula is C12H15N3O2S. The highest BCUT2D eigenvalue weighted by Gasteiger charge is 2.32. The number of fused-ring (bicyclic) bond motifs is 1. The van der Waals surface area contributed by atoms with Crippen molar-refractivity contribution in [1.29, 1.82) is 0 Å². The van der Waals surface area contributed by atoms with Crippen molar-refractivity contribution in [3.05, 3.63) is 24.2 Å². The molecule has 0 aromatic carbocycles. The summed E-state index contributed by atoms with van der Waals surface area (Å²) >= 11 is 0. The predicted octanol–water partition coefficient (Wildman–Crippen LogP) is 1.09. The maximum Gasteiger partial charge on any atom is 0.159 e. The normalized spacial score (nSPS) is 22.6. The Morgan fingerprint density at radius 3 is 3.00 bits per heavy atom. The molecule has 1 atom stereocenters. The molecule has 2 aromatic rings. The Kier molecular flexibility index (Phi) is 2.62. The molecule has 0 radical (unpaired) electrons. The number of hydrogen-bond donors (Lipinski definition) is 0. The molecule has 1 unspecified atom stereocenters. The summed E-state index contributed by atoms with van der Waals surface area (Å²) in [7, 11) is -1.03. The lowest BCUT2D eigenvalue weighted by Crippen LogP contribution is -2.20. The van der Waals surface area contributed by atoms with Gasteiger partial charge in [0.15, 0.2) is 15.5 Å². The first-order valence-electron chi connectivity index (χ1n) is 6.06. The van der Waals surface area contributed by atoms with E-state index in [1.165, 1.54) is 0 Å². The lowest BCUT2D eigenvalue weighted by molar-refractivity contribution is 0.584. The van der Waals surface area contributed by atoms with E-state index < -0.39 is 9.84 Å². The topological polar surface area (TPSA) is 64.8 Å². The van der Waals surface area contributed by atoms with Crippen LogP contribution in [0, 0.1) is 0 Å². The molecule has 1 fully saturated rings. The van der Waals surface area contributed by atoms with Crippen molar-refractivity contribution >= 4 is 21.0 Å². The van der Waals surface area contributed by atoms with Crippen molar-refractivity contribution in [2.24, 2.45) is 7.05 Å². The van der Waals surface area contributed by atoms with E-state index in [1.807, 2.05) is 23.7 Å². The van der Waals surface area contributed by atoms with E-state index in [9.17, 15) is 8.42 Å². The van der Waals surface area contributed by atoms with Crippen molar-refractivity contribution < 1.29 is 8.42 Å². The number of sulfone groups is 1. The molecule has 6 heteroatoms. The summed E-state index contributed by atoms with van der Waals surface area (Å²) < 4.78 is 25.6. The van der Waals surface area contributed by atoms with E-state index >= 15 is 0 Å². The molecule has 1 saturated heterocycles. The largest absolute Gasteiger partial charge is 0.316 e. The molecule has 1 aliphatic rings. The van der Waals surface area contributed by atoms with E-state index in [1.54, 1.807) is 6.20 Å². The minimum atomic E-state index is -2.91. The van der Waals surface area contributed by atoms with Gasteiger partial charge in [-0.15, -0.1) is 0 Å². The Morgan fingerprint density at radius 1 is 1.50 bits per heavy atom. The SMILES string of the molecule is Cn1c(CC2CCCS2(=O)=O)nc2cccnc21. The summed E-state index contributed by atoms with van der Waals surface area (Å²) in [6.45, 7) is 0. The lowest BCUT2D eigenvalue weighted by Gasteiger charge is -2.08. The molecule has 0 N–H and O–H groups in total. The van der Waals surface area contributed by atoms with Gasteiger partial charge in [0.25, 0.3) is 0 Å². The minimum absolute atomic E-state index is 0.270. The molecule has 3 rings (SSSR count). The summed E-state index contributed by atoms with van der Waals surface area (Å²) in [5, 5.41) is -0.270. The van der Waals surface area contributed by atoms with Crippen LogP contribution in [0.15, 0.2) is 18.3 Å². The Bertz CT molecular complexity index is 690. The second kappa shape index (κ2) is 4.05. The highest BCUT2D eigenvalue weighted by atomic mass is 32.2. The van der Waals surface area contributed by atoms with Gasteiger partial charge in [-0.25, -0.2) is 18.4 Å². The molecule has 0 spiro atoms. The van der Waals surface area contributed by atoms with Gasteiger partial charge in [-0.2, -0.15) is 0 Å². The minimum Gasteiger partial charge on any atom is -0.316 e. The number of aryl methyl sites for hydroxylation is 1. The average molecular weight is 265 g/mol. The van der Waals surface area contributed by atoms with Gasteiger partial charge in [-0.3, -0.25) is 0 Å². The van der Waals surface area contributed by atoms with E-state index in [-0.39, 0.29) is 5.25 Å². The third kappa shape index (κ3) is 1.80. The zero-order valence-electron chi connectivity index (χ0n) is 10.2. The van der Waals surface area contributed by atoms with Gasteiger partial charge in [0.1, 0.15) is 11.3 Å². The van der Waals surface area contributed by atoms with Crippen molar-refractivity contribution in [2.75, 3.05) is 5.75 Å². The van der Waals surface area contributed by atoms with Crippen LogP contribution in [0.25, 0.3) is 11.2 Å². The van der Waals surface area contributed by atoms with Crippen LogP contribution in [0.3, 0.4) is 0 Å². The summed E-state index contributed by atoms with van der Waals surface area (Å²) in [4.78, 5) is 8.74. The van der Waals surface area contributed by atoms with E-state index in [0.29, 0.717) is 12.2 Å². The van der Waals surface area contributed by atoms with Crippen molar-refractivity contribution in [3.8, 4) is 0 Å². The number of nitrogens with zero attached hydrogens (tertiary/aromatic N) is 3. The molecule has 1 aliphatic heterocycles. The van der Waals surface area contributed by atoms with Crippen LogP contribution in [0.4, 0.5) is 0 Å². The summed E-state index contributed by atoms with van der Waals surface area (Å²) in [6, 6.07) is 3.74. The molecule has 96 valence electrons. The van der Waals surface area contributed by atoms with Gasteiger partial charge >= 0.3 is 0 Å². The first-order valence-corrected chi connectivity index (χ1v) is 7.77. The van der Waals surface area contributed by atoms with Gasteiger partial charge < -0.3 is 4.57 Å². The zero-order valence-corrected chi connectivity index (χ0v) is 11.0. The van der Waals surface area contributed by atoms with Crippen molar-refractivity contribution in [1.82, 2.24) is 14.5 Å². The Hall–Kier alpha value is -1.43. The molecular weight excluding hydrogens is 250 g/mol. The number of imidazole rings is 1. The van der Waals surface area contributed by atoms with Gasteiger partial charge in [0.2, 0.25) is 0 Å². The Morgan fingerprint density at radius 2 is 2.33 bits per heavy atom. The van der Waals surface area contributed by atoms with Crippen LogP contribution < -0.4 is 0 Å². The highest BCUT2D eigenvalue weighted by Crippen LogP contribution is 2.24. The third-order valence-electron chi connectivity index (χ3n) is 3.59. The predicted molar refractivity (Wildman–Crippen MR) is 69.0 cm³/mol. The Balaban J connectivity index is 1.98. The van der Waals surface area contributed by atoms with Crippen molar-refractivity contribution in [3.63, 3.8) is 0 Å². The molecule has 18 heavy (non-hydrogen) atoms. The number of rotatable bonds is 2. The monoisotopic (exact) mass is 265 g/mol. The molecule has 0 saturated carbocycles. The first kappa shape index (κ1) is 11.6. The maximum atomic E-state index is 11.8. The second-order valence-corrected chi connectivity index (χ2v) is 7.17. The first-order chi connectivity index (χ1) is 8.58. The molecule has 2 aromatic heterocycles. The van der Waals surface area contributed by atoms with Crippen LogP contribution in [-0.2, 0) is 23.3 Å². The quantitative estimate of drug-likeness (QED) is 0.815. The second-order valence-electron chi connectivity index (χ2n) is 4.77. The average Bonchev–Trinajstić information content (AvgIpc) is 2.83. The van der Waals surface area contributed by atoms with E-state index in [0.717, 1.165) is 29.8 Å². The van der Waals surface area contributed by atoms with E-state index in [4.69, 9.17) is 0 Å². The standard InChI is InChI=1S/C12H15N3O2S/c1-15-11(8-9-4-3-7-18(9,16)17)14-10-5-2-6-13-12(10)15/h2,5-6,9H,3-4,7-8H2,1H3. The Labute approximate surface area is 106 Å². The van der Waals surface area contributed by atoms with Gasteiger partial charge in [-0.1, -0.05) is 0 Å². The molecule has 0 amide bonds. The summed E-state index contributed by atoms with van der Waals surface area (Å²) in [6.07, 6.45) is 3.74. The summed E-state index contributed by atoms with van der Waals surface area (Å²) in [5.41, 5.74) is 1.63. The lowest BCUT2D eigenvalue weighted by atomic mass is 10.2. The number of aromatic nitrogens is 3. The molecule has 5 nitrogen and oxygen atoms in total. The smallest absolute Gasteiger partial charge is 0.159 e. The van der Waals surface area contributed by atoms with Crippen molar-refractivity contribution in [2.45, 2.75) is 24.5 Å². The zero-order chi connectivity index (χ0) is 12.8. The number of hydrogen-bond acceptors (Lipinski definition) is 4. The van der Waals surface area contributed by atoms with Crippen LogP contribution >= 0.6 is 0 Å². The fraction of sp³-hybridized carbons (Fsp3) is 0.500. The van der Waals surface area contributed by atoms with Gasteiger partial charge in [0, 0.05) is 19.7 Å². The molecule has 3 heterocycles. The van der Waals surface area contributed by atoms with Crippen LogP contribution in [0.5, 0.6) is 0 Å². The maximum absolute atomic E-state index is 11.8. The van der Waals surface area contributed by atoms with Gasteiger partial charge in [-0.05, 0) is 25.0 Å². The van der Waals surface area contributed by atoms with Crippen LogP contribution in [-0.4, -0.2) is 34.0 Å². The number of pyridine rings is 1. The van der Waals surface area contributed by atoms with Crippen LogP contribution in [0.1, 0.15) is 18.7 Å². The van der Waals surface area contributed by atoms with E-state index in [2.05, 4.69) is 9.97 Å². The third-order valence-corrected chi connectivity index (χ3v) is 5.87. The van der Waals surface area contributed by atoms with Gasteiger partial charge in [0.05, 0.1) is 11.0 Å². The summed E-state index contributed by atoms with van der Waals surface area (Å²) in [5.74, 6) is 1.12. The molecule has 0 aliphatic carbocycles. The fourth-order valence-electron chi connectivity index (χ4n) is 2.54. The van der Waals surface area contributed by atoms with Crippen LogP contribution in [0.2, 0.25) is 0 Å². The highest BCUT2D eigenvalue weighted by molar-refractivity contribution is 7.92. The fourth-order valence-corrected chi connectivity index (χ4v) is 4.38.